The zero-order chi connectivity index (χ0) is 13.1. The molecular weight excluding hydrogens is 252 g/mol. The molecule has 1 aliphatic heterocycles. The molecule has 3 nitrogen and oxygen atoms in total. The molecule has 0 aromatic heterocycles. The Kier molecular flexibility index (Phi) is 4.36. The van der Waals surface area contributed by atoms with Gasteiger partial charge in [-0.1, -0.05) is 0 Å². The van der Waals surface area contributed by atoms with Crippen molar-refractivity contribution in [1.82, 2.24) is 0 Å². The van der Waals surface area contributed by atoms with Crippen molar-refractivity contribution >= 4 is 11.6 Å². The Bertz CT molecular complexity index is 408. The van der Waals surface area contributed by atoms with Gasteiger partial charge in [0.15, 0.2) is 0 Å². The third-order valence-electron chi connectivity index (χ3n) is 3.33. The first-order valence-electron chi connectivity index (χ1n) is 6.17. The lowest BCUT2D eigenvalue weighted by Gasteiger charge is -2.20. The standard InChI is InChI=1S/C14H19ClO3/c1-9-4-6-13(18-9)14(15)11-8-10(16-2)5-7-12(11)17-3/h5,7-9,13-14H,4,6H2,1-3H3. The first-order chi connectivity index (χ1) is 8.65. The van der Waals surface area contributed by atoms with Crippen molar-refractivity contribution in [2.45, 2.75) is 37.4 Å². The van der Waals surface area contributed by atoms with Gasteiger partial charge in [0.25, 0.3) is 0 Å². The summed E-state index contributed by atoms with van der Waals surface area (Å²) >= 11 is 6.53. The van der Waals surface area contributed by atoms with Crippen molar-refractivity contribution in [3.8, 4) is 11.5 Å². The van der Waals surface area contributed by atoms with Crippen LogP contribution in [0.25, 0.3) is 0 Å². The van der Waals surface area contributed by atoms with Crippen molar-refractivity contribution in [2.24, 2.45) is 0 Å². The molecule has 0 bridgehead atoms. The molecule has 1 heterocycles. The maximum atomic E-state index is 6.53. The van der Waals surface area contributed by atoms with E-state index in [2.05, 4.69) is 6.92 Å². The van der Waals surface area contributed by atoms with Crippen molar-refractivity contribution in [3.63, 3.8) is 0 Å². The Labute approximate surface area is 113 Å². The summed E-state index contributed by atoms with van der Waals surface area (Å²) in [6.45, 7) is 2.08. The number of ether oxygens (including phenoxy) is 3. The quantitative estimate of drug-likeness (QED) is 0.783. The summed E-state index contributed by atoms with van der Waals surface area (Å²) in [5.74, 6) is 1.56. The molecule has 3 atom stereocenters. The van der Waals surface area contributed by atoms with Crippen LogP contribution in [-0.4, -0.2) is 26.4 Å². The second-order valence-electron chi connectivity index (χ2n) is 4.57. The van der Waals surface area contributed by atoms with Crippen LogP contribution in [-0.2, 0) is 4.74 Å². The van der Waals surface area contributed by atoms with Crippen LogP contribution in [0, 0.1) is 0 Å². The summed E-state index contributed by atoms with van der Waals surface area (Å²) in [6.07, 6.45) is 2.37. The molecule has 1 aromatic carbocycles. The topological polar surface area (TPSA) is 27.7 Å². The van der Waals surface area contributed by atoms with Crippen LogP contribution in [0.5, 0.6) is 11.5 Å². The van der Waals surface area contributed by atoms with Crippen molar-refractivity contribution in [2.75, 3.05) is 14.2 Å². The van der Waals surface area contributed by atoms with Gasteiger partial charge in [-0.2, -0.15) is 0 Å². The van der Waals surface area contributed by atoms with E-state index in [1.54, 1.807) is 14.2 Å². The van der Waals surface area contributed by atoms with Gasteiger partial charge < -0.3 is 14.2 Å². The summed E-state index contributed by atoms with van der Waals surface area (Å²) in [6, 6.07) is 5.66. The summed E-state index contributed by atoms with van der Waals surface area (Å²) in [5.41, 5.74) is 0.928. The molecular formula is C14H19ClO3. The number of hydrogen-bond donors (Lipinski definition) is 0. The zero-order valence-electron chi connectivity index (χ0n) is 11.0. The van der Waals surface area contributed by atoms with Gasteiger partial charge in [0.2, 0.25) is 0 Å². The molecule has 100 valence electrons. The fourth-order valence-corrected chi connectivity index (χ4v) is 2.66. The van der Waals surface area contributed by atoms with E-state index < -0.39 is 0 Å². The van der Waals surface area contributed by atoms with E-state index >= 15 is 0 Å². The van der Waals surface area contributed by atoms with Crippen LogP contribution in [0.15, 0.2) is 18.2 Å². The summed E-state index contributed by atoms with van der Waals surface area (Å²) in [4.78, 5) is 0. The highest BCUT2D eigenvalue weighted by molar-refractivity contribution is 6.21. The molecule has 1 fully saturated rings. The zero-order valence-corrected chi connectivity index (χ0v) is 11.7. The van der Waals surface area contributed by atoms with Gasteiger partial charge in [-0.3, -0.25) is 0 Å². The SMILES string of the molecule is COc1ccc(OC)c(C(Cl)C2CCC(C)O2)c1. The third-order valence-corrected chi connectivity index (χ3v) is 3.84. The molecule has 18 heavy (non-hydrogen) atoms. The second kappa shape index (κ2) is 5.81. The van der Waals surface area contributed by atoms with E-state index in [-0.39, 0.29) is 17.6 Å². The van der Waals surface area contributed by atoms with E-state index in [9.17, 15) is 0 Å². The number of benzene rings is 1. The highest BCUT2D eigenvalue weighted by Gasteiger charge is 2.31. The Hall–Kier alpha value is -0.930. The Morgan fingerprint density at radius 2 is 2.06 bits per heavy atom. The molecule has 0 aliphatic carbocycles. The largest absolute Gasteiger partial charge is 0.497 e. The van der Waals surface area contributed by atoms with Gasteiger partial charge in [-0.15, -0.1) is 11.6 Å². The molecule has 1 aromatic rings. The Morgan fingerprint density at radius 1 is 1.28 bits per heavy atom. The molecule has 1 aliphatic rings. The molecule has 0 N–H and O–H groups in total. The molecule has 3 unspecified atom stereocenters. The normalized spacial score (nSPS) is 24.9. The van der Waals surface area contributed by atoms with Crippen LogP contribution in [0.4, 0.5) is 0 Å². The molecule has 0 radical (unpaired) electrons. The highest BCUT2D eigenvalue weighted by Crippen LogP contribution is 2.40. The van der Waals surface area contributed by atoms with Gasteiger partial charge in [0.05, 0.1) is 31.8 Å². The Balaban J connectivity index is 2.24. The Morgan fingerprint density at radius 3 is 2.61 bits per heavy atom. The lowest BCUT2D eigenvalue weighted by molar-refractivity contribution is 0.0529. The van der Waals surface area contributed by atoms with Crippen LogP contribution in [0.3, 0.4) is 0 Å². The van der Waals surface area contributed by atoms with Crippen LogP contribution >= 0.6 is 11.6 Å². The number of halogens is 1. The van der Waals surface area contributed by atoms with E-state index in [0.717, 1.165) is 29.9 Å². The molecule has 1 saturated heterocycles. The first kappa shape index (κ1) is 13.5. The lowest BCUT2D eigenvalue weighted by atomic mass is 10.0. The maximum Gasteiger partial charge on any atom is 0.123 e. The average Bonchev–Trinajstić information content (AvgIpc) is 2.83. The molecule has 4 heteroatoms. The fraction of sp³-hybridized carbons (Fsp3) is 0.571. The van der Waals surface area contributed by atoms with E-state index in [0.29, 0.717) is 0 Å². The van der Waals surface area contributed by atoms with Crippen molar-refractivity contribution < 1.29 is 14.2 Å². The summed E-state index contributed by atoms with van der Waals surface area (Å²) < 4.78 is 16.4. The van der Waals surface area contributed by atoms with Crippen LogP contribution in [0.2, 0.25) is 0 Å². The minimum Gasteiger partial charge on any atom is -0.497 e. The van der Waals surface area contributed by atoms with Gasteiger partial charge in [0, 0.05) is 5.56 Å². The number of rotatable bonds is 4. The first-order valence-corrected chi connectivity index (χ1v) is 6.60. The predicted molar refractivity (Wildman–Crippen MR) is 71.7 cm³/mol. The van der Waals surface area contributed by atoms with Crippen molar-refractivity contribution in [3.05, 3.63) is 23.8 Å². The minimum atomic E-state index is -0.208. The molecule has 0 saturated carbocycles. The van der Waals surface area contributed by atoms with E-state index in [1.165, 1.54) is 0 Å². The second-order valence-corrected chi connectivity index (χ2v) is 5.04. The van der Waals surface area contributed by atoms with E-state index in [1.807, 2.05) is 18.2 Å². The van der Waals surface area contributed by atoms with Crippen LogP contribution < -0.4 is 9.47 Å². The summed E-state index contributed by atoms with van der Waals surface area (Å²) in [5, 5.41) is -0.208. The highest BCUT2D eigenvalue weighted by atomic mass is 35.5. The van der Waals surface area contributed by atoms with Gasteiger partial charge >= 0.3 is 0 Å². The lowest BCUT2D eigenvalue weighted by Crippen LogP contribution is -2.15. The number of methoxy groups -OCH3 is 2. The molecule has 0 amide bonds. The molecule has 0 spiro atoms. The number of hydrogen-bond acceptors (Lipinski definition) is 3. The molecule has 2 rings (SSSR count). The number of alkyl halides is 1. The van der Waals surface area contributed by atoms with Gasteiger partial charge in [0.1, 0.15) is 11.5 Å². The smallest absolute Gasteiger partial charge is 0.123 e. The predicted octanol–water partition coefficient (Wildman–Crippen LogP) is 3.55. The summed E-state index contributed by atoms with van der Waals surface area (Å²) in [7, 11) is 3.29. The monoisotopic (exact) mass is 270 g/mol. The van der Waals surface area contributed by atoms with Crippen molar-refractivity contribution in [1.29, 1.82) is 0 Å². The fourth-order valence-electron chi connectivity index (χ4n) is 2.30. The van der Waals surface area contributed by atoms with E-state index in [4.69, 9.17) is 25.8 Å². The maximum absolute atomic E-state index is 6.53. The van der Waals surface area contributed by atoms with Gasteiger partial charge in [-0.25, -0.2) is 0 Å². The van der Waals surface area contributed by atoms with Gasteiger partial charge in [-0.05, 0) is 38.0 Å². The minimum absolute atomic E-state index is 0.0441. The third kappa shape index (κ3) is 2.73. The van der Waals surface area contributed by atoms with Crippen LogP contribution in [0.1, 0.15) is 30.7 Å². The average molecular weight is 271 g/mol.